The number of fused-ring (bicyclic) bond motifs is 1. The van der Waals surface area contributed by atoms with Gasteiger partial charge in [0.25, 0.3) is 0 Å². The Balaban J connectivity index is 1.62. The van der Waals surface area contributed by atoms with Crippen LogP contribution >= 0.6 is 0 Å². The zero-order valence-corrected chi connectivity index (χ0v) is 16.8. The summed E-state index contributed by atoms with van der Waals surface area (Å²) in [6.07, 6.45) is 7.22. The molecule has 3 aromatic rings. The Kier molecular flexibility index (Phi) is 4.97. The number of aromatic nitrogens is 2. The fraction of sp³-hybridized carbons (Fsp3) is 0.375. The van der Waals surface area contributed by atoms with Crippen LogP contribution in [0.3, 0.4) is 0 Å². The fourth-order valence-corrected chi connectivity index (χ4v) is 4.40. The number of anilines is 1. The minimum absolute atomic E-state index is 0.0902. The summed E-state index contributed by atoms with van der Waals surface area (Å²) in [5, 5.41) is 15.3. The number of carbonyl (C=O) groups is 1. The van der Waals surface area contributed by atoms with Gasteiger partial charge in [-0.15, -0.1) is 0 Å². The van der Waals surface area contributed by atoms with Crippen molar-refractivity contribution in [3.63, 3.8) is 0 Å². The molecule has 6 nitrogen and oxygen atoms in total. The van der Waals surface area contributed by atoms with Crippen LogP contribution in [0.2, 0.25) is 0 Å². The highest BCUT2D eigenvalue weighted by atomic mass is 16.5. The van der Waals surface area contributed by atoms with E-state index in [2.05, 4.69) is 6.07 Å². The molecule has 1 atom stereocenters. The molecule has 5 rings (SSSR count). The van der Waals surface area contributed by atoms with E-state index in [1.165, 1.54) is 6.42 Å². The summed E-state index contributed by atoms with van der Waals surface area (Å²) in [6, 6.07) is 16.2. The molecule has 0 N–H and O–H groups in total. The first-order valence-corrected chi connectivity index (χ1v) is 10.7. The third-order valence-corrected chi connectivity index (χ3v) is 6.26. The van der Waals surface area contributed by atoms with Crippen molar-refractivity contribution in [2.45, 2.75) is 50.8 Å². The van der Waals surface area contributed by atoms with Gasteiger partial charge in [-0.1, -0.05) is 12.1 Å². The van der Waals surface area contributed by atoms with Crippen LogP contribution in [0.5, 0.6) is 0 Å². The van der Waals surface area contributed by atoms with E-state index in [0.717, 1.165) is 73.0 Å². The van der Waals surface area contributed by atoms with Crippen molar-refractivity contribution in [2.24, 2.45) is 0 Å². The van der Waals surface area contributed by atoms with Crippen molar-refractivity contribution < 1.29 is 9.53 Å². The molecule has 152 valence electrons. The van der Waals surface area contributed by atoms with Gasteiger partial charge < -0.3 is 9.64 Å². The van der Waals surface area contributed by atoms with E-state index < -0.39 is 0 Å². The zero-order valence-electron chi connectivity index (χ0n) is 16.8. The SMILES string of the molecule is N#Cc1ccc2c(c1)c(-c1cccc(N(C=O)C3CCC3)c1)nn2C1CCCCO1. The molecule has 1 saturated heterocycles. The molecule has 2 heterocycles. The van der Waals surface area contributed by atoms with Gasteiger partial charge in [0.1, 0.15) is 5.69 Å². The smallest absolute Gasteiger partial charge is 0.214 e. The number of hydrogen-bond acceptors (Lipinski definition) is 4. The van der Waals surface area contributed by atoms with Crippen LogP contribution in [0.4, 0.5) is 5.69 Å². The van der Waals surface area contributed by atoms with Crippen molar-refractivity contribution in [3.05, 3.63) is 48.0 Å². The summed E-state index contributed by atoms with van der Waals surface area (Å²) in [6.45, 7) is 0.739. The summed E-state index contributed by atoms with van der Waals surface area (Å²) in [7, 11) is 0. The Hall–Kier alpha value is -3.17. The predicted octanol–water partition coefficient (Wildman–Crippen LogP) is 4.79. The highest BCUT2D eigenvalue weighted by molar-refractivity contribution is 5.95. The normalized spacial score (nSPS) is 19.2. The van der Waals surface area contributed by atoms with E-state index in [1.807, 2.05) is 52.0 Å². The second-order valence-electron chi connectivity index (χ2n) is 8.11. The van der Waals surface area contributed by atoms with Crippen molar-refractivity contribution in [3.8, 4) is 17.3 Å². The number of nitriles is 1. The maximum atomic E-state index is 11.7. The Labute approximate surface area is 175 Å². The summed E-state index contributed by atoms with van der Waals surface area (Å²) in [4.78, 5) is 13.6. The summed E-state index contributed by atoms with van der Waals surface area (Å²) < 4.78 is 7.95. The van der Waals surface area contributed by atoms with Gasteiger partial charge in [-0.3, -0.25) is 4.79 Å². The lowest BCUT2D eigenvalue weighted by Crippen LogP contribution is -2.39. The van der Waals surface area contributed by atoms with Gasteiger partial charge in [0.05, 0.1) is 17.1 Å². The lowest BCUT2D eigenvalue weighted by Gasteiger charge is -2.34. The van der Waals surface area contributed by atoms with Gasteiger partial charge >= 0.3 is 0 Å². The quantitative estimate of drug-likeness (QED) is 0.577. The lowest BCUT2D eigenvalue weighted by atomic mass is 9.91. The van der Waals surface area contributed by atoms with Gasteiger partial charge in [0, 0.05) is 29.3 Å². The monoisotopic (exact) mass is 400 g/mol. The number of ether oxygens (including phenoxy) is 1. The molecule has 30 heavy (non-hydrogen) atoms. The summed E-state index contributed by atoms with van der Waals surface area (Å²) in [5.74, 6) is 0. The van der Waals surface area contributed by atoms with Crippen molar-refractivity contribution in [1.29, 1.82) is 5.26 Å². The standard InChI is InChI=1S/C24H24N4O2/c25-15-17-10-11-22-21(13-17)24(26-28(22)23-9-1-2-12-30-23)18-5-3-8-20(14-18)27(16-29)19-6-4-7-19/h3,5,8,10-11,13-14,16,19,23H,1-2,4,6-7,9,12H2. The zero-order chi connectivity index (χ0) is 20.5. The van der Waals surface area contributed by atoms with Crippen LogP contribution in [0.15, 0.2) is 42.5 Å². The molecule has 2 fully saturated rings. The van der Waals surface area contributed by atoms with Crippen LogP contribution in [0.1, 0.15) is 50.3 Å². The maximum Gasteiger partial charge on any atom is 0.214 e. The third kappa shape index (κ3) is 3.25. The first kappa shape index (κ1) is 18.8. The van der Waals surface area contributed by atoms with E-state index >= 15 is 0 Å². The largest absolute Gasteiger partial charge is 0.356 e. The Bertz CT molecular complexity index is 1120. The van der Waals surface area contributed by atoms with Crippen LogP contribution in [-0.2, 0) is 9.53 Å². The Morgan fingerprint density at radius 1 is 1.13 bits per heavy atom. The third-order valence-electron chi connectivity index (χ3n) is 6.26. The second-order valence-corrected chi connectivity index (χ2v) is 8.11. The van der Waals surface area contributed by atoms with E-state index in [-0.39, 0.29) is 12.3 Å². The first-order chi connectivity index (χ1) is 14.8. The molecule has 1 aromatic heterocycles. The average Bonchev–Trinajstić information content (AvgIpc) is 3.15. The highest BCUT2D eigenvalue weighted by Crippen LogP contribution is 2.36. The highest BCUT2D eigenvalue weighted by Gasteiger charge is 2.26. The molecule has 0 spiro atoms. The van der Waals surface area contributed by atoms with Gasteiger partial charge in [0.15, 0.2) is 6.23 Å². The predicted molar refractivity (Wildman–Crippen MR) is 115 cm³/mol. The molecule has 0 bridgehead atoms. The molecule has 1 saturated carbocycles. The van der Waals surface area contributed by atoms with Gasteiger partial charge in [-0.05, 0) is 68.9 Å². The van der Waals surface area contributed by atoms with Crippen LogP contribution in [-0.4, -0.2) is 28.8 Å². The van der Waals surface area contributed by atoms with Gasteiger partial charge in [-0.25, -0.2) is 4.68 Å². The first-order valence-electron chi connectivity index (χ1n) is 10.7. The molecule has 1 amide bonds. The number of benzene rings is 2. The minimum Gasteiger partial charge on any atom is -0.356 e. The summed E-state index contributed by atoms with van der Waals surface area (Å²) >= 11 is 0. The fourth-order valence-electron chi connectivity index (χ4n) is 4.40. The Morgan fingerprint density at radius 3 is 2.73 bits per heavy atom. The second kappa shape index (κ2) is 7.92. The average molecular weight is 400 g/mol. The van der Waals surface area contributed by atoms with Crippen LogP contribution in [0, 0.1) is 11.3 Å². The lowest BCUT2D eigenvalue weighted by molar-refractivity contribution is -0.108. The van der Waals surface area contributed by atoms with Gasteiger partial charge in [0.2, 0.25) is 6.41 Å². The summed E-state index contributed by atoms with van der Waals surface area (Å²) in [5.41, 5.74) is 4.21. The van der Waals surface area contributed by atoms with E-state index in [0.29, 0.717) is 5.56 Å². The molecule has 0 radical (unpaired) electrons. The number of nitrogens with zero attached hydrogens (tertiary/aromatic N) is 4. The van der Waals surface area contributed by atoms with Crippen molar-refractivity contribution in [2.75, 3.05) is 11.5 Å². The van der Waals surface area contributed by atoms with Crippen molar-refractivity contribution >= 4 is 23.0 Å². The molecule has 1 unspecified atom stereocenters. The molecular weight excluding hydrogens is 376 g/mol. The van der Waals surface area contributed by atoms with E-state index in [1.54, 1.807) is 0 Å². The number of rotatable bonds is 5. The molecule has 6 heteroatoms. The van der Waals surface area contributed by atoms with Gasteiger partial charge in [-0.2, -0.15) is 10.4 Å². The molecular formula is C24H24N4O2. The van der Waals surface area contributed by atoms with E-state index in [4.69, 9.17) is 9.84 Å². The van der Waals surface area contributed by atoms with Crippen molar-refractivity contribution in [1.82, 2.24) is 9.78 Å². The minimum atomic E-state index is -0.0902. The number of amides is 1. The van der Waals surface area contributed by atoms with Crippen LogP contribution in [0.25, 0.3) is 22.2 Å². The van der Waals surface area contributed by atoms with E-state index in [9.17, 15) is 10.1 Å². The molecule has 1 aliphatic carbocycles. The number of hydrogen-bond donors (Lipinski definition) is 0. The molecule has 2 aliphatic rings. The number of carbonyl (C=O) groups excluding carboxylic acids is 1. The molecule has 1 aliphatic heterocycles. The van der Waals surface area contributed by atoms with Crippen LogP contribution < -0.4 is 4.90 Å². The maximum absolute atomic E-state index is 11.7. The topological polar surface area (TPSA) is 71.2 Å². The Morgan fingerprint density at radius 2 is 2.03 bits per heavy atom. The molecule has 2 aromatic carbocycles.